The Balaban J connectivity index is 1.23. The summed E-state index contributed by atoms with van der Waals surface area (Å²) in [5.74, 6) is 1.82. The average Bonchev–Trinajstić information content (AvgIpc) is 3.05. The molecule has 11 heteroatoms. The van der Waals surface area contributed by atoms with Gasteiger partial charge in [-0.2, -0.15) is 0 Å². The molecule has 43 heavy (non-hydrogen) atoms. The fraction of sp³-hybridized carbons (Fsp3) is 0.344. The monoisotopic (exact) mass is 580 g/mol. The Kier molecular flexibility index (Phi) is 8.71. The van der Waals surface area contributed by atoms with Crippen LogP contribution in [0, 0.1) is 0 Å². The molecule has 5 heterocycles. The highest BCUT2D eigenvalue weighted by Gasteiger charge is 2.19. The van der Waals surface area contributed by atoms with E-state index < -0.39 is 0 Å². The number of rotatable bonds is 9. The number of likely N-dealkylation sites (N-methyl/N-ethyl adjacent to an activating group) is 1. The topological polar surface area (TPSA) is 134 Å². The van der Waals surface area contributed by atoms with Crippen LogP contribution in [0.15, 0.2) is 67.0 Å². The number of nitrogens with zero attached hydrogens (tertiary/aromatic N) is 6. The molecule has 224 valence electrons. The van der Waals surface area contributed by atoms with Crippen LogP contribution in [0.4, 0.5) is 34.4 Å². The van der Waals surface area contributed by atoms with Crippen LogP contribution in [-0.4, -0.2) is 79.4 Å². The molecule has 6 rings (SSSR count). The molecule has 1 aromatic carbocycles. The molecule has 0 unspecified atom stereocenters. The highest BCUT2D eigenvalue weighted by atomic mass is 16.5. The maximum absolute atomic E-state index is 6.77. The van der Waals surface area contributed by atoms with Gasteiger partial charge in [0.25, 0.3) is 0 Å². The van der Waals surface area contributed by atoms with Crippen LogP contribution in [0.5, 0.6) is 0 Å². The van der Waals surface area contributed by atoms with Crippen molar-refractivity contribution < 1.29 is 4.74 Å². The average molecular weight is 581 g/mol. The fourth-order valence-electron chi connectivity index (χ4n) is 5.39. The Bertz CT molecular complexity index is 1520. The number of nitrogens with two attached hydrogens (primary N) is 2. The van der Waals surface area contributed by atoms with Gasteiger partial charge in [0.2, 0.25) is 0 Å². The minimum Gasteiger partial charge on any atom is -0.396 e. The smallest absolute Gasteiger partial charge is 0.131 e. The number of ether oxygens (including phenoxy) is 1. The lowest BCUT2D eigenvalue weighted by Gasteiger charge is -2.33. The Labute approximate surface area is 252 Å². The molecule has 0 radical (unpaired) electrons. The first-order valence-electron chi connectivity index (χ1n) is 14.8. The molecule has 0 bridgehead atoms. The van der Waals surface area contributed by atoms with Crippen molar-refractivity contribution in [2.24, 2.45) is 0 Å². The zero-order valence-corrected chi connectivity index (χ0v) is 24.7. The Hall–Kier alpha value is -4.61. The van der Waals surface area contributed by atoms with Crippen LogP contribution in [0.3, 0.4) is 0 Å². The van der Waals surface area contributed by atoms with Gasteiger partial charge in [0.1, 0.15) is 11.6 Å². The van der Waals surface area contributed by atoms with Crippen LogP contribution in [-0.2, 0) is 17.8 Å². The van der Waals surface area contributed by atoms with Gasteiger partial charge in [-0.15, -0.1) is 0 Å². The predicted molar refractivity (Wildman–Crippen MR) is 174 cm³/mol. The Morgan fingerprint density at radius 2 is 1.56 bits per heavy atom. The summed E-state index contributed by atoms with van der Waals surface area (Å²) in [6.07, 6.45) is 3.54. The largest absolute Gasteiger partial charge is 0.396 e. The van der Waals surface area contributed by atoms with Gasteiger partial charge < -0.3 is 41.5 Å². The summed E-state index contributed by atoms with van der Waals surface area (Å²) in [6, 6.07) is 18.3. The molecule has 0 atom stereocenters. The summed E-state index contributed by atoms with van der Waals surface area (Å²) in [5.41, 5.74) is 19.8. The number of hydrogen-bond donors (Lipinski definition) is 4. The number of anilines is 6. The molecular weight excluding hydrogens is 540 g/mol. The van der Waals surface area contributed by atoms with E-state index in [9.17, 15) is 0 Å². The van der Waals surface area contributed by atoms with E-state index in [1.54, 1.807) is 12.4 Å². The van der Waals surface area contributed by atoms with Gasteiger partial charge in [-0.3, -0.25) is 4.98 Å². The van der Waals surface area contributed by atoms with Crippen LogP contribution in [0.2, 0.25) is 0 Å². The first-order chi connectivity index (χ1) is 21.0. The van der Waals surface area contributed by atoms with Crippen molar-refractivity contribution >= 4 is 34.4 Å². The molecule has 2 aliphatic heterocycles. The van der Waals surface area contributed by atoms with Crippen molar-refractivity contribution in [3.05, 3.63) is 78.2 Å². The van der Waals surface area contributed by atoms with Crippen molar-refractivity contribution in [3.63, 3.8) is 0 Å². The molecule has 0 spiro atoms. The predicted octanol–water partition coefficient (Wildman–Crippen LogP) is 3.52. The van der Waals surface area contributed by atoms with Crippen molar-refractivity contribution in [1.82, 2.24) is 19.9 Å². The van der Waals surface area contributed by atoms with E-state index in [0.717, 1.165) is 84.8 Å². The zero-order valence-electron chi connectivity index (χ0n) is 24.7. The van der Waals surface area contributed by atoms with Gasteiger partial charge in [-0.25, -0.2) is 9.97 Å². The number of piperazine rings is 1. The second-order valence-electron chi connectivity index (χ2n) is 11.0. The van der Waals surface area contributed by atoms with E-state index in [1.807, 2.05) is 30.3 Å². The third kappa shape index (κ3) is 6.90. The van der Waals surface area contributed by atoms with E-state index in [-0.39, 0.29) is 0 Å². The second-order valence-corrected chi connectivity index (χ2v) is 11.0. The lowest BCUT2D eigenvalue weighted by atomic mass is 10.0. The van der Waals surface area contributed by atoms with Crippen LogP contribution < -0.4 is 31.9 Å². The van der Waals surface area contributed by atoms with E-state index in [1.165, 1.54) is 0 Å². The highest BCUT2D eigenvalue weighted by Crippen LogP contribution is 2.35. The van der Waals surface area contributed by atoms with Gasteiger partial charge in [-0.05, 0) is 30.8 Å². The summed E-state index contributed by atoms with van der Waals surface area (Å²) in [7, 11) is 2.15. The van der Waals surface area contributed by atoms with Crippen molar-refractivity contribution in [1.29, 1.82) is 0 Å². The zero-order chi connectivity index (χ0) is 29.6. The van der Waals surface area contributed by atoms with Crippen LogP contribution in [0.1, 0.15) is 11.3 Å². The van der Waals surface area contributed by atoms with Crippen molar-refractivity contribution in [2.45, 2.75) is 13.1 Å². The number of nitrogen functional groups attached to an aromatic ring is 2. The van der Waals surface area contributed by atoms with Gasteiger partial charge in [0, 0.05) is 69.7 Å². The minimum absolute atomic E-state index is 0.560. The normalized spacial score (nSPS) is 15.8. The molecule has 0 saturated carbocycles. The van der Waals surface area contributed by atoms with Gasteiger partial charge in [-0.1, -0.05) is 24.3 Å². The van der Waals surface area contributed by atoms with Crippen LogP contribution in [0.25, 0.3) is 11.3 Å². The van der Waals surface area contributed by atoms with Gasteiger partial charge in [0.05, 0.1) is 60.1 Å². The second kappa shape index (κ2) is 13.1. The SMILES string of the molecule is CN1CCN(c2cc(NCc3cccc(-c4nc(N5CCOCC5)cc(NCc5ccccn5)c4N)c3)c(N)cn2)CC1. The maximum Gasteiger partial charge on any atom is 0.131 e. The standard InChI is InChI=1S/C32H40N10O/c1-40-9-11-41(12-10-40)29-18-27(26(33)22-38-29)36-20-23-5-4-6-24(17-23)32-31(34)28(37-21-25-7-2-3-8-35-25)19-30(39-32)42-13-15-43-16-14-42/h2-8,17-19,22H,9-16,20-21,33-34H2,1H3,(H,36,38)(H,37,39). The van der Waals surface area contributed by atoms with Crippen LogP contribution >= 0.6 is 0 Å². The van der Waals surface area contributed by atoms with E-state index >= 15 is 0 Å². The molecule has 0 amide bonds. The van der Waals surface area contributed by atoms with E-state index in [2.05, 4.69) is 66.6 Å². The molecule has 4 aromatic rings. The molecule has 11 nitrogen and oxygen atoms in total. The number of benzene rings is 1. The number of pyridine rings is 3. The third-order valence-corrected chi connectivity index (χ3v) is 8.00. The first kappa shape index (κ1) is 28.5. The van der Waals surface area contributed by atoms with Gasteiger partial charge >= 0.3 is 0 Å². The van der Waals surface area contributed by atoms with Crippen molar-refractivity contribution in [2.75, 3.05) is 91.4 Å². The summed E-state index contributed by atoms with van der Waals surface area (Å²) in [5, 5.41) is 7.03. The van der Waals surface area contributed by atoms with Crippen molar-refractivity contribution in [3.8, 4) is 11.3 Å². The lowest BCUT2D eigenvalue weighted by Crippen LogP contribution is -2.44. The Morgan fingerprint density at radius 3 is 2.35 bits per heavy atom. The first-order valence-corrected chi connectivity index (χ1v) is 14.8. The summed E-state index contributed by atoms with van der Waals surface area (Å²) in [6.45, 7) is 8.01. The third-order valence-electron chi connectivity index (χ3n) is 8.00. The molecule has 2 aliphatic rings. The molecule has 0 aliphatic carbocycles. The number of hydrogen-bond acceptors (Lipinski definition) is 11. The van der Waals surface area contributed by atoms with E-state index in [0.29, 0.717) is 37.7 Å². The summed E-state index contributed by atoms with van der Waals surface area (Å²) in [4.78, 5) is 21.0. The molecule has 2 fully saturated rings. The van der Waals surface area contributed by atoms with E-state index in [4.69, 9.17) is 21.2 Å². The lowest BCUT2D eigenvalue weighted by molar-refractivity contribution is 0.122. The number of morpholine rings is 1. The number of aromatic nitrogens is 3. The quantitative estimate of drug-likeness (QED) is 0.232. The molecule has 6 N–H and O–H groups in total. The number of nitrogens with one attached hydrogen (secondary N) is 2. The highest BCUT2D eigenvalue weighted by molar-refractivity contribution is 5.85. The summed E-state index contributed by atoms with van der Waals surface area (Å²) < 4.78 is 5.59. The van der Waals surface area contributed by atoms with Gasteiger partial charge in [0.15, 0.2) is 0 Å². The molecular formula is C32H40N10O. The maximum atomic E-state index is 6.77. The fourth-order valence-corrected chi connectivity index (χ4v) is 5.39. The Morgan fingerprint density at radius 1 is 0.791 bits per heavy atom. The molecule has 3 aromatic heterocycles. The molecule has 2 saturated heterocycles. The minimum atomic E-state index is 0.560. The summed E-state index contributed by atoms with van der Waals surface area (Å²) >= 11 is 0.